The highest BCUT2D eigenvalue weighted by Crippen LogP contribution is 2.27. The summed E-state index contributed by atoms with van der Waals surface area (Å²) in [4.78, 5) is 12.8. The molecule has 5 heteroatoms. The molecule has 0 bridgehead atoms. The van der Waals surface area contributed by atoms with Crippen LogP contribution < -0.4 is 0 Å². The number of carbonyl (C=O) groups is 1. The molecule has 1 aromatic carbocycles. The van der Waals surface area contributed by atoms with Crippen molar-refractivity contribution in [2.45, 2.75) is 38.3 Å². The molecular weight excluding hydrogens is 269 g/mol. The van der Waals surface area contributed by atoms with Crippen LogP contribution in [0.2, 0.25) is 5.02 Å². The number of aliphatic carboxylic acids is 1. The normalized spacial score (nSPS) is 16.2. The lowest BCUT2D eigenvalue weighted by atomic mass is 10.1. The monoisotopic (exact) mass is 285 g/mol. The first-order chi connectivity index (χ1) is 9.08. The summed E-state index contributed by atoms with van der Waals surface area (Å²) < 4.78 is 13.4. The van der Waals surface area contributed by atoms with Crippen LogP contribution in [0.5, 0.6) is 0 Å². The van der Waals surface area contributed by atoms with Gasteiger partial charge in [0.2, 0.25) is 0 Å². The van der Waals surface area contributed by atoms with E-state index < -0.39 is 11.8 Å². The maximum atomic E-state index is 13.4. The molecule has 0 saturated heterocycles. The summed E-state index contributed by atoms with van der Waals surface area (Å²) >= 11 is 5.93. The Morgan fingerprint density at radius 3 is 2.74 bits per heavy atom. The molecule has 1 aromatic rings. The number of hydrogen-bond acceptors (Lipinski definition) is 2. The van der Waals surface area contributed by atoms with Gasteiger partial charge in [0.15, 0.2) is 0 Å². The summed E-state index contributed by atoms with van der Waals surface area (Å²) in [6, 6.07) is 4.91. The first-order valence-corrected chi connectivity index (χ1v) is 6.84. The van der Waals surface area contributed by atoms with Crippen LogP contribution in [0.1, 0.15) is 31.2 Å². The van der Waals surface area contributed by atoms with Crippen molar-refractivity contribution in [3.63, 3.8) is 0 Å². The molecule has 3 nitrogen and oxygen atoms in total. The minimum absolute atomic E-state index is 0.0302. The van der Waals surface area contributed by atoms with Crippen LogP contribution in [-0.2, 0) is 11.3 Å². The third-order valence-electron chi connectivity index (χ3n) is 3.58. The van der Waals surface area contributed by atoms with Gasteiger partial charge in [0, 0.05) is 12.6 Å². The molecule has 1 N–H and O–H groups in total. The summed E-state index contributed by atoms with van der Waals surface area (Å²) in [6.07, 6.45) is 4.25. The topological polar surface area (TPSA) is 40.5 Å². The molecule has 0 atom stereocenters. The van der Waals surface area contributed by atoms with Gasteiger partial charge in [0.05, 0.1) is 11.6 Å². The van der Waals surface area contributed by atoms with Crippen LogP contribution in [0.25, 0.3) is 0 Å². The van der Waals surface area contributed by atoms with Crippen molar-refractivity contribution < 1.29 is 14.3 Å². The first kappa shape index (κ1) is 14.3. The smallest absolute Gasteiger partial charge is 0.317 e. The number of rotatable bonds is 5. The van der Waals surface area contributed by atoms with E-state index in [9.17, 15) is 9.18 Å². The Kier molecular flexibility index (Phi) is 4.77. The standard InChI is InChI=1S/C14H17ClFNO2/c15-14-10(4-3-7-12(14)16)8-17(9-13(18)19)11-5-1-2-6-11/h3-4,7,11H,1-2,5-6,8-9H2,(H,18,19). The van der Waals surface area contributed by atoms with Gasteiger partial charge in [0.25, 0.3) is 0 Å². The molecule has 0 radical (unpaired) electrons. The van der Waals surface area contributed by atoms with Crippen LogP contribution in [-0.4, -0.2) is 28.6 Å². The fourth-order valence-electron chi connectivity index (χ4n) is 2.65. The molecule has 0 aliphatic heterocycles. The third kappa shape index (κ3) is 3.67. The van der Waals surface area contributed by atoms with Crippen molar-refractivity contribution in [2.75, 3.05) is 6.54 Å². The number of carboxylic acids is 1. The third-order valence-corrected chi connectivity index (χ3v) is 4.01. The van der Waals surface area contributed by atoms with E-state index in [1.165, 1.54) is 6.07 Å². The lowest BCUT2D eigenvalue weighted by Gasteiger charge is -2.27. The number of nitrogens with zero attached hydrogens (tertiary/aromatic N) is 1. The summed E-state index contributed by atoms with van der Waals surface area (Å²) in [5, 5.41) is 9.09. The molecule has 1 fully saturated rings. The largest absolute Gasteiger partial charge is 0.480 e. The lowest BCUT2D eigenvalue weighted by Crippen LogP contribution is -2.37. The average molecular weight is 286 g/mol. The molecule has 0 spiro atoms. The first-order valence-electron chi connectivity index (χ1n) is 6.46. The van der Waals surface area contributed by atoms with E-state index in [-0.39, 0.29) is 17.6 Å². The van der Waals surface area contributed by atoms with Crippen molar-refractivity contribution in [3.05, 3.63) is 34.6 Å². The fraction of sp³-hybridized carbons (Fsp3) is 0.500. The van der Waals surface area contributed by atoms with Gasteiger partial charge >= 0.3 is 5.97 Å². The Balaban J connectivity index is 2.14. The predicted molar refractivity (Wildman–Crippen MR) is 71.7 cm³/mol. The van der Waals surface area contributed by atoms with Crippen molar-refractivity contribution in [2.24, 2.45) is 0 Å². The molecule has 0 amide bonds. The van der Waals surface area contributed by atoms with E-state index in [4.69, 9.17) is 16.7 Å². The summed E-state index contributed by atoms with van der Waals surface area (Å²) in [7, 11) is 0. The van der Waals surface area contributed by atoms with Gasteiger partial charge in [-0.1, -0.05) is 36.6 Å². The zero-order chi connectivity index (χ0) is 13.8. The number of benzene rings is 1. The molecule has 1 saturated carbocycles. The van der Waals surface area contributed by atoms with Crippen molar-refractivity contribution in [1.29, 1.82) is 0 Å². The lowest BCUT2D eigenvalue weighted by molar-refractivity contribution is -0.139. The second-order valence-electron chi connectivity index (χ2n) is 4.95. The van der Waals surface area contributed by atoms with Gasteiger partial charge in [-0.15, -0.1) is 0 Å². The maximum Gasteiger partial charge on any atom is 0.317 e. The van der Waals surface area contributed by atoms with Crippen LogP contribution in [0.4, 0.5) is 4.39 Å². The quantitative estimate of drug-likeness (QED) is 0.902. The fourth-order valence-corrected chi connectivity index (χ4v) is 2.83. The molecule has 0 aromatic heterocycles. The molecule has 0 heterocycles. The van der Waals surface area contributed by atoms with Crippen molar-refractivity contribution >= 4 is 17.6 Å². The molecule has 104 valence electrons. The van der Waals surface area contributed by atoms with Gasteiger partial charge in [-0.2, -0.15) is 0 Å². The van der Waals surface area contributed by atoms with E-state index in [1.54, 1.807) is 12.1 Å². The minimum atomic E-state index is -0.862. The average Bonchev–Trinajstić information content (AvgIpc) is 2.87. The Bertz CT molecular complexity index is 461. The van der Waals surface area contributed by atoms with E-state index in [2.05, 4.69) is 0 Å². The van der Waals surface area contributed by atoms with Crippen LogP contribution in [0.15, 0.2) is 18.2 Å². The second kappa shape index (κ2) is 6.35. The number of hydrogen-bond donors (Lipinski definition) is 1. The number of carboxylic acid groups (broad SMARTS) is 1. The Hall–Kier alpha value is -1.13. The van der Waals surface area contributed by atoms with Crippen LogP contribution >= 0.6 is 11.6 Å². The summed E-state index contributed by atoms with van der Waals surface area (Å²) in [5.74, 6) is -1.32. The zero-order valence-corrected chi connectivity index (χ0v) is 11.4. The minimum Gasteiger partial charge on any atom is -0.480 e. The van der Waals surface area contributed by atoms with Crippen LogP contribution in [0.3, 0.4) is 0 Å². The van der Waals surface area contributed by atoms with Crippen LogP contribution in [0, 0.1) is 5.82 Å². The molecule has 0 unspecified atom stereocenters. The number of halogens is 2. The van der Waals surface area contributed by atoms with E-state index in [1.807, 2.05) is 4.90 Å². The van der Waals surface area contributed by atoms with Crippen molar-refractivity contribution in [1.82, 2.24) is 4.90 Å². The van der Waals surface area contributed by atoms with E-state index >= 15 is 0 Å². The SMILES string of the molecule is O=C(O)CN(Cc1cccc(F)c1Cl)C1CCCC1. The highest BCUT2D eigenvalue weighted by atomic mass is 35.5. The summed E-state index contributed by atoms with van der Waals surface area (Å²) in [6.45, 7) is 0.352. The van der Waals surface area contributed by atoms with E-state index in [0.29, 0.717) is 12.1 Å². The Morgan fingerprint density at radius 1 is 1.42 bits per heavy atom. The summed E-state index contributed by atoms with van der Waals surface area (Å²) in [5.41, 5.74) is 0.648. The van der Waals surface area contributed by atoms with Gasteiger partial charge in [-0.3, -0.25) is 9.69 Å². The molecule has 1 aliphatic carbocycles. The van der Waals surface area contributed by atoms with Crippen molar-refractivity contribution in [3.8, 4) is 0 Å². The van der Waals surface area contributed by atoms with Gasteiger partial charge in [-0.25, -0.2) is 4.39 Å². The Morgan fingerprint density at radius 2 is 2.11 bits per heavy atom. The van der Waals surface area contributed by atoms with Gasteiger partial charge in [-0.05, 0) is 24.5 Å². The molecule has 2 rings (SSSR count). The molecular formula is C14H17ClFNO2. The van der Waals surface area contributed by atoms with Gasteiger partial charge in [0.1, 0.15) is 5.82 Å². The predicted octanol–water partition coefficient (Wildman–Crippen LogP) is 3.31. The highest BCUT2D eigenvalue weighted by Gasteiger charge is 2.25. The maximum absolute atomic E-state index is 13.4. The molecule has 19 heavy (non-hydrogen) atoms. The van der Waals surface area contributed by atoms with E-state index in [0.717, 1.165) is 25.7 Å². The Labute approximate surface area is 117 Å². The second-order valence-corrected chi connectivity index (χ2v) is 5.33. The molecule has 1 aliphatic rings. The highest BCUT2D eigenvalue weighted by molar-refractivity contribution is 6.31. The van der Waals surface area contributed by atoms with Gasteiger partial charge < -0.3 is 5.11 Å². The zero-order valence-electron chi connectivity index (χ0n) is 10.6.